The highest BCUT2D eigenvalue weighted by Gasteiger charge is 2.42. The number of pyridine rings is 1. The minimum atomic E-state index is -0.402. The number of carbonyl (C=O) groups is 2. The van der Waals surface area contributed by atoms with Crippen LogP contribution in [0.4, 0.5) is 0 Å². The smallest absolute Gasteiger partial charge is 0.225 e. The Morgan fingerprint density at radius 2 is 2.03 bits per heavy atom. The monoisotopic (exact) mass is 417 g/mol. The molecule has 1 spiro atoms. The number of rotatable bonds is 4. The van der Waals surface area contributed by atoms with E-state index in [4.69, 9.17) is 14.2 Å². The quantitative estimate of drug-likeness (QED) is 0.741. The molecule has 164 valence electrons. The van der Waals surface area contributed by atoms with Gasteiger partial charge in [-0.2, -0.15) is 0 Å². The normalized spacial score (nSPS) is 22.8. The summed E-state index contributed by atoms with van der Waals surface area (Å²) in [7, 11) is 1.61. The maximum absolute atomic E-state index is 12.9. The molecule has 0 bridgehead atoms. The molecule has 0 atom stereocenters. The Bertz CT molecular complexity index is 757. The number of piperidine rings is 1. The topological polar surface area (TPSA) is 81.2 Å². The van der Waals surface area contributed by atoms with Crippen molar-refractivity contribution in [3.05, 3.63) is 24.0 Å². The van der Waals surface area contributed by atoms with E-state index < -0.39 is 5.60 Å². The van der Waals surface area contributed by atoms with Gasteiger partial charge in [-0.3, -0.25) is 14.6 Å². The molecule has 4 heterocycles. The first-order chi connectivity index (χ1) is 14.6. The number of amides is 2. The molecular formula is C22H31N3O5. The minimum Gasteiger partial charge on any atom is -0.495 e. The van der Waals surface area contributed by atoms with Crippen molar-refractivity contribution in [1.82, 2.24) is 14.8 Å². The summed E-state index contributed by atoms with van der Waals surface area (Å²) in [6.45, 7) is 4.03. The van der Waals surface area contributed by atoms with Crippen LogP contribution in [0.25, 0.3) is 0 Å². The molecule has 4 rings (SSSR count). The van der Waals surface area contributed by atoms with Gasteiger partial charge in [-0.05, 0) is 37.8 Å². The molecule has 2 amide bonds. The van der Waals surface area contributed by atoms with E-state index in [0.29, 0.717) is 58.2 Å². The summed E-state index contributed by atoms with van der Waals surface area (Å²) in [5.41, 5.74) is 0.346. The molecule has 3 fully saturated rings. The average molecular weight is 418 g/mol. The Morgan fingerprint density at radius 3 is 2.77 bits per heavy atom. The van der Waals surface area contributed by atoms with Crippen LogP contribution in [0.15, 0.2) is 18.3 Å². The maximum atomic E-state index is 12.9. The zero-order valence-electron chi connectivity index (χ0n) is 17.7. The van der Waals surface area contributed by atoms with Crippen LogP contribution in [0.1, 0.15) is 37.8 Å². The highest BCUT2D eigenvalue weighted by Crippen LogP contribution is 2.32. The molecule has 3 saturated heterocycles. The van der Waals surface area contributed by atoms with Crippen molar-refractivity contribution in [2.45, 2.75) is 44.2 Å². The van der Waals surface area contributed by atoms with E-state index in [1.54, 1.807) is 13.3 Å². The first-order valence-corrected chi connectivity index (χ1v) is 10.9. The molecule has 3 aliphatic rings. The Kier molecular flexibility index (Phi) is 6.53. The van der Waals surface area contributed by atoms with Crippen molar-refractivity contribution in [1.29, 1.82) is 0 Å². The van der Waals surface area contributed by atoms with Gasteiger partial charge in [0.05, 0.1) is 38.8 Å². The lowest BCUT2D eigenvalue weighted by molar-refractivity contribution is -0.146. The lowest BCUT2D eigenvalue weighted by Gasteiger charge is -2.43. The maximum Gasteiger partial charge on any atom is 0.225 e. The van der Waals surface area contributed by atoms with Gasteiger partial charge >= 0.3 is 0 Å². The van der Waals surface area contributed by atoms with Crippen molar-refractivity contribution in [2.75, 3.05) is 46.6 Å². The van der Waals surface area contributed by atoms with E-state index in [-0.39, 0.29) is 17.7 Å². The molecule has 0 radical (unpaired) electrons. The molecular weight excluding hydrogens is 386 g/mol. The van der Waals surface area contributed by atoms with Crippen LogP contribution >= 0.6 is 0 Å². The number of likely N-dealkylation sites (tertiary alicyclic amines) is 1. The molecule has 30 heavy (non-hydrogen) atoms. The fraction of sp³-hybridized carbons (Fsp3) is 0.682. The molecule has 0 N–H and O–H groups in total. The second-order valence-corrected chi connectivity index (χ2v) is 8.40. The SMILES string of the molecule is COc1cccnc1CN1CC2(CCN(C(=O)C3CCOCC3)CC2)OCCC1=O. The van der Waals surface area contributed by atoms with Gasteiger partial charge in [0.2, 0.25) is 11.8 Å². The standard InChI is InChI=1S/C22H31N3O5/c1-28-19-3-2-9-23-18(19)15-25-16-22(30-14-6-20(25)26)7-10-24(11-8-22)21(27)17-4-12-29-13-5-17/h2-3,9,17H,4-8,10-16H2,1H3. The van der Waals surface area contributed by atoms with Gasteiger partial charge in [0, 0.05) is 38.4 Å². The fourth-order valence-corrected chi connectivity index (χ4v) is 4.69. The summed E-state index contributed by atoms with van der Waals surface area (Å²) in [6.07, 6.45) is 5.18. The van der Waals surface area contributed by atoms with Crippen LogP contribution in [0.2, 0.25) is 0 Å². The number of ether oxygens (including phenoxy) is 3. The number of hydrogen-bond acceptors (Lipinski definition) is 6. The van der Waals surface area contributed by atoms with E-state index in [1.165, 1.54) is 0 Å². The second-order valence-electron chi connectivity index (χ2n) is 8.40. The van der Waals surface area contributed by atoms with Gasteiger partial charge in [0.1, 0.15) is 11.4 Å². The minimum absolute atomic E-state index is 0.0697. The molecule has 8 heteroatoms. The molecule has 1 aromatic heterocycles. The lowest BCUT2D eigenvalue weighted by Crippen LogP contribution is -2.54. The van der Waals surface area contributed by atoms with Crippen LogP contribution in [0, 0.1) is 5.92 Å². The third-order valence-electron chi connectivity index (χ3n) is 6.52. The predicted molar refractivity (Wildman–Crippen MR) is 109 cm³/mol. The Morgan fingerprint density at radius 1 is 1.27 bits per heavy atom. The highest BCUT2D eigenvalue weighted by atomic mass is 16.5. The zero-order chi connectivity index (χ0) is 21.0. The number of aromatic nitrogens is 1. The Balaban J connectivity index is 1.41. The molecule has 0 unspecified atom stereocenters. The van der Waals surface area contributed by atoms with Crippen molar-refractivity contribution >= 4 is 11.8 Å². The third kappa shape index (κ3) is 4.59. The number of hydrogen-bond donors (Lipinski definition) is 0. The molecule has 0 saturated carbocycles. The number of nitrogens with zero attached hydrogens (tertiary/aromatic N) is 3. The summed E-state index contributed by atoms with van der Waals surface area (Å²) in [5.74, 6) is 1.08. The van der Waals surface area contributed by atoms with Crippen LogP contribution in [-0.2, 0) is 25.6 Å². The molecule has 1 aromatic rings. The molecule has 8 nitrogen and oxygen atoms in total. The second kappa shape index (κ2) is 9.31. The summed E-state index contributed by atoms with van der Waals surface area (Å²) in [4.78, 5) is 33.8. The van der Waals surface area contributed by atoms with Crippen molar-refractivity contribution in [3.8, 4) is 5.75 Å². The summed E-state index contributed by atoms with van der Waals surface area (Å²) in [6, 6.07) is 3.68. The van der Waals surface area contributed by atoms with Gasteiger partial charge in [-0.1, -0.05) is 0 Å². The first kappa shape index (κ1) is 21.1. The van der Waals surface area contributed by atoms with Crippen molar-refractivity contribution in [3.63, 3.8) is 0 Å². The average Bonchev–Trinajstić information content (AvgIpc) is 2.93. The fourth-order valence-electron chi connectivity index (χ4n) is 4.69. The number of carbonyl (C=O) groups excluding carboxylic acids is 2. The molecule has 0 aliphatic carbocycles. The third-order valence-corrected chi connectivity index (χ3v) is 6.52. The predicted octanol–water partition coefficient (Wildman–Crippen LogP) is 1.63. The van der Waals surface area contributed by atoms with Crippen LogP contribution in [-0.4, -0.2) is 78.8 Å². The van der Waals surface area contributed by atoms with Crippen LogP contribution in [0.3, 0.4) is 0 Å². The molecule has 0 aromatic carbocycles. The largest absolute Gasteiger partial charge is 0.495 e. The summed E-state index contributed by atoms with van der Waals surface area (Å²) >= 11 is 0. The van der Waals surface area contributed by atoms with Crippen molar-refractivity contribution in [2.24, 2.45) is 5.92 Å². The van der Waals surface area contributed by atoms with E-state index in [0.717, 1.165) is 31.4 Å². The van der Waals surface area contributed by atoms with Crippen LogP contribution < -0.4 is 4.74 Å². The van der Waals surface area contributed by atoms with Crippen molar-refractivity contribution < 1.29 is 23.8 Å². The van der Waals surface area contributed by atoms with E-state index in [2.05, 4.69) is 4.98 Å². The van der Waals surface area contributed by atoms with Gasteiger partial charge in [0.15, 0.2) is 0 Å². The molecule has 3 aliphatic heterocycles. The van der Waals surface area contributed by atoms with Gasteiger partial charge in [-0.25, -0.2) is 0 Å². The lowest BCUT2D eigenvalue weighted by atomic mass is 9.89. The Hall–Kier alpha value is -2.19. The van der Waals surface area contributed by atoms with E-state index in [9.17, 15) is 9.59 Å². The van der Waals surface area contributed by atoms with Gasteiger partial charge < -0.3 is 24.0 Å². The van der Waals surface area contributed by atoms with Crippen LogP contribution in [0.5, 0.6) is 5.75 Å². The van der Waals surface area contributed by atoms with E-state index in [1.807, 2.05) is 21.9 Å². The van der Waals surface area contributed by atoms with Gasteiger partial charge in [0.25, 0.3) is 0 Å². The van der Waals surface area contributed by atoms with E-state index >= 15 is 0 Å². The Labute approximate surface area is 177 Å². The summed E-state index contributed by atoms with van der Waals surface area (Å²) in [5, 5.41) is 0. The number of methoxy groups -OCH3 is 1. The summed E-state index contributed by atoms with van der Waals surface area (Å²) < 4.78 is 17.0. The zero-order valence-corrected chi connectivity index (χ0v) is 17.7. The van der Waals surface area contributed by atoms with Gasteiger partial charge in [-0.15, -0.1) is 0 Å². The first-order valence-electron chi connectivity index (χ1n) is 10.9. The highest BCUT2D eigenvalue weighted by molar-refractivity contribution is 5.79.